The third-order valence-electron chi connectivity index (χ3n) is 5.03. The minimum absolute atomic E-state index is 0.159. The quantitative estimate of drug-likeness (QED) is 0.714. The van der Waals surface area contributed by atoms with Gasteiger partial charge in [0.15, 0.2) is 5.66 Å². The van der Waals surface area contributed by atoms with E-state index in [2.05, 4.69) is 5.32 Å². The maximum Gasteiger partial charge on any atom is 0.261 e. The molecule has 2 heterocycles. The van der Waals surface area contributed by atoms with Gasteiger partial charge < -0.3 is 5.32 Å². The molecule has 0 aromatic heterocycles. The van der Waals surface area contributed by atoms with Gasteiger partial charge in [0.2, 0.25) is 0 Å². The topological polar surface area (TPSA) is 49.4 Å². The Morgan fingerprint density at radius 1 is 0.769 bits per heavy atom. The number of hydrogen-bond donors (Lipinski definition) is 1. The van der Waals surface area contributed by atoms with E-state index in [0.29, 0.717) is 27.4 Å². The van der Waals surface area contributed by atoms with Gasteiger partial charge in [0.1, 0.15) is 0 Å². The highest BCUT2D eigenvalue weighted by atomic mass is 35.5. The van der Waals surface area contributed by atoms with Crippen LogP contribution < -0.4 is 10.2 Å². The Balaban J connectivity index is 1.92. The van der Waals surface area contributed by atoms with Crippen molar-refractivity contribution in [3.8, 4) is 0 Å². The van der Waals surface area contributed by atoms with Gasteiger partial charge in [0, 0.05) is 21.7 Å². The lowest BCUT2D eigenvalue weighted by molar-refractivity contribution is 0.0878. The molecule has 1 unspecified atom stereocenters. The fourth-order valence-electron chi connectivity index (χ4n) is 3.97. The van der Waals surface area contributed by atoms with Gasteiger partial charge >= 0.3 is 0 Å². The molecule has 5 heteroatoms. The highest BCUT2D eigenvalue weighted by molar-refractivity contribution is 6.32. The van der Waals surface area contributed by atoms with Gasteiger partial charge in [-0.25, -0.2) is 0 Å². The Hall–Kier alpha value is -3.11. The summed E-state index contributed by atoms with van der Waals surface area (Å²) in [5, 5.41) is 3.56. The maximum absolute atomic E-state index is 13.3. The molecule has 1 atom stereocenters. The van der Waals surface area contributed by atoms with Crippen LogP contribution in [0.3, 0.4) is 0 Å². The number of hydrogen-bond acceptors (Lipinski definition) is 2. The van der Waals surface area contributed by atoms with Crippen molar-refractivity contribution < 1.29 is 9.59 Å². The lowest BCUT2D eigenvalue weighted by Gasteiger charge is -2.44. The van der Waals surface area contributed by atoms with Gasteiger partial charge in [-0.2, -0.15) is 0 Å². The first-order chi connectivity index (χ1) is 12.6. The van der Waals surface area contributed by atoms with E-state index >= 15 is 0 Å². The van der Waals surface area contributed by atoms with Crippen molar-refractivity contribution in [2.24, 2.45) is 0 Å². The average Bonchev–Trinajstić information content (AvgIpc) is 2.92. The summed E-state index contributed by atoms with van der Waals surface area (Å²) >= 11 is 6.52. The summed E-state index contributed by atoms with van der Waals surface area (Å²) in [6, 6.07) is 21.7. The normalized spacial score (nSPS) is 20.3. The molecule has 0 aliphatic carbocycles. The van der Waals surface area contributed by atoms with Crippen LogP contribution in [0.4, 0.5) is 5.69 Å². The molecule has 1 N–H and O–H groups in total. The molecule has 4 nitrogen and oxygen atoms in total. The molecule has 0 spiro atoms. The summed E-state index contributed by atoms with van der Waals surface area (Å²) in [4.78, 5) is 27.9. The lowest BCUT2D eigenvalue weighted by atomic mass is 9.87. The van der Waals surface area contributed by atoms with Crippen LogP contribution in [-0.4, -0.2) is 11.8 Å². The van der Waals surface area contributed by atoms with Gasteiger partial charge in [-0.3, -0.25) is 14.5 Å². The van der Waals surface area contributed by atoms with Crippen molar-refractivity contribution >= 4 is 29.1 Å². The number of nitrogens with zero attached hydrogens (tertiary/aromatic N) is 1. The number of benzene rings is 3. The standard InChI is InChI=1S/C21H13ClN2O2/c22-17-11-5-4-10-16(17)21-15-9-3-1-7-13(15)20(26)24(21)18-12-6-2-8-14(18)19(25)23-21/h1-12H,(H,23,25). The third-order valence-corrected chi connectivity index (χ3v) is 5.36. The van der Waals surface area contributed by atoms with E-state index in [4.69, 9.17) is 11.6 Å². The van der Waals surface area contributed by atoms with Crippen LogP contribution in [0, 0.1) is 0 Å². The molecule has 2 aliphatic rings. The van der Waals surface area contributed by atoms with Gasteiger partial charge in [0.05, 0.1) is 11.3 Å². The summed E-state index contributed by atoms with van der Waals surface area (Å²) < 4.78 is 0. The maximum atomic E-state index is 13.3. The number of anilines is 1. The minimum Gasteiger partial charge on any atom is -0.321 e. The van der Waals surface area contributed by atoms with Gasteiger partial charge in [-0.1, -0.05) is 60.1 Å². The zero-order valence-corrected chi connectivity index (χ0v) is 14.3. The highest BCUT2D eigenvalue weighted by Gasteiger charge is 2.56. The molecule has 3 aromatic carbocycles. The van der Waals surface area contributed by atoms with E-state index in [1.54, 1.807) is 35.2 Å². The number of halogens is 1. The molecule has 0 radical (unpaired) electrons. The molecule has 3 aromatic rings. The number of fused-ring (bicyclic) bond motifs is 5. The van der Waals surface area contributed by atoms with Crippen LogP contribution in [-0.2, 0) is 5.66 Å². The fourth-order valence-corrected chi connectivity index (χ4v) is 4.24. The molecule has 0 saturated heterocycles. The first kappa shape index (κ1) is 15.2. The van der Waals surface area contributed by atoms with Crippen LogP contribution in [0.15, 0.2) is 72.8 Å². The van der Waals surface area contributed by atoms with E-state index in [9.17, 15) is 9.59 Å². The molecule has 0 saturated carbocycles. The van der Waals surface area contributed by atoms with Crippen LogP contribution in [0.1, 0.15) is 31.8 Å². The number of nitrogens with one attached hydrogen (secondary N) is 1. The van der Waals surface area contributed by atoms with Crippen LogP contribution in [0.5, 0.6) is 0 Å². The van der Waals surface area contributed by atoms with E-state index in [1.165, 1.54) is 0 Å². The Morgan fingerprint density at radius 2 is 1.38 bits per heavy atom. The van der Waals surface area contributed by atoms with Crippen molar-refractivity contribution in [3.05, 3.63) is 100 Å². The summed E-state index contributed by atoms with van der Waals surface area (Å²) in [6.45, 7) is 0. The second-order valence-corrected chi connectivity index (χ2v) is 6.75. The lowest BCUT2D eigenvalue weighted by Crippen LogP contribution is -2.60. The molecule has 5 rings (SSSR count). The minimum atomic E-state index is -1.16. The molecule has 0 bridgehead atoms. The number of rotatable bonds is 1. The zero-order chi connectivity index (χ0) is 17.9. The third kappa shape index (κ3) is 1.74. The van der Waals surface area contributed by atoms with Crippen molar-refractivity contribution in [2.75, 3.05) is 4.90 Å². The Morgan fingerprint density at radius 3 is 2.15 bits per heavy atom. The molecular formula is C21H13ClN2O2. The van der Waals surface area contributed by atoms with Crippen molar-refractivity contribution in [2.45, 2.75) is 5.66 Å². The van der Waals surface area contributed by atoms with Crippen LogP contribution in [0.2, 0.25) is 5.02 Å². The van der Waals surface area contributed by atoms with Crippen molar-refractivity contribution in [3.63, 3.8) is 0 Å². The smallest absolute Gasteiger partial charge is 0.261 e. The molecule has 2 amide bonds. The Bertz CT molecular complexity index is 1090. The molecular weight excluding hydrogens is 348 g/mol. The van der Waals surface area contributed by atoms with E-state index in [-0.39, 0.29) is 11.8 Å². The second-order valence-electron chi connectivity index (χ2n) is 6.35. The second kappa shape index (κ2) is 5.19. The number of amides is 2. The predicted molar refractivity (Wildman–Crippen MR) is 99.4 cm³/mol. The first-order valence-corrected chi connectivity index (χ1v) is 8.63. The summed E-state index contributed by atoms with van der Waals surface area (Å²) in [5.41, 5.74) is 1.85. The monoisotopic (exact) mass is 360 g/mol. The van der Waals surface area contributed by atoms with Gasteiger partial charge in [-0.05, 0) is 24.3 Å². The van der Waals surface area contributed by atoms with E-state index in [1.807, 2.05) is 42.5 Å². The van der Waals surface area contributed by atoms with E-state index in [0.717, 1.165) is 5.56 Å². The first-order valence-electron chi connectivity index (χ1n) is 8.25. The molecule has 126 valence electrons. The van der Waals surface area contributed by atoms with Crippen molar-refractivity contribution in [1.29, 1.82) is 0 Å². The summed E-state index contributed by atoms with van der Waals surface area (Å²) in [6.07, 6.45) is 0. The van der Waals surface area contributed by atoms with Gasteiger partial charge in [-0.15, -0.1) is 0 Å². The average molecular weight is 361 g/mol. The SMILES string of the molecule is O=C1NC2(c3ccccc3Cl)c3ccccc3C(=O)N2c2ccccc21. The summed E-state index contributed by atoms with van der Waals surface area (Å²) in [5.74, 6) is -0.394. The number of carbonyl (C=O) groups excluding carboxylic acids is 2. The largest absolute Gasteiger partial charge is 0.321 e. The summed E-state index contributed by atoms with van der Waals surface area (Å²) in [7, 11) is 0. The predicted octanol–water partition coefficient (Wildman–Crippen LogP) is 3.94. The molecule has 26 heavy (non-hydrogen) atoms. The van der Waals surface area contributed by atoms with Gasteiger partial charge in [0.25, 0.3) is 11.8 Å². The van der Waals surface area contributed by atoms with Crippen LogP contribution >= 0.6 is 11.6 Å². The Labute approximate surface area is 155 Å². The number of carbonyl (C=O) groups is 2. The number of para-hydroxylation sites is 1. The fraction of sp³-hybridized carbons (Fsp3) is 0.0476. The van der Waals surface area contributed by atoms with Crippen molar-refractivity contribution in [1.82, 2.24) is 5.32 Å². The molecule has 0 fully saturated rings. The zero-order valence-electron chi connectivity index (χ0n) is 13.6. The van der Waals surface area contributed by atoms with Crippen LogP contribution in [0.25, 0.3) is 0 Å². The van der Waals surface area contributed by atoms with E-state index < -0.39 is 5.66 Å². The Kier molecular flexibility index (Phi) is 3.03. The molecule has 2 aliphatic heterocycles. The highest BCUT2D eigenvalue weighted by Crippen LogP contribution is 2.49.